The van der Waals surface area contributed by atoms with Crippen molar-refractivity contribution in [2.24, 2.45) is 5.92 Å². The van der Waals surface area contributed by atoms with E-state index < -0.39 is 0 Å². The van der Waals surface area contributed by atoms with Gasteiger partial charge in [-0.3, -0.25) is 4.79 Å². The third-order valence-corrected chi connectivity index (χ3v) is 6.03. The van der Waals surface area contributed by atoms with Crippen molar-refractivity contribution in [1.29, 1.82) is 0 Å². The van der Waals surface area contributed by atoms with Crippen LogP contribution >= 0.6 is 0 Å². The fourth-order valence-corrected chi connectivity index (χ4v) is 4.07. The van der Waals surface area contributed by atoms with Gasteiger partial charge in [-0.15, -0.1) is 10.2 Å². The quantitative estimate of drug-likeness (QED) is 0.443. The molecular weight excluding hydrogens is 444 g/mol. The minimum Gasteiger partial charge on any atom is -0.497 e. The molecule has 0 radical (unpaired) electrons. The zero-order valence-corrected chi connectivity index (χ0v) is 20.3. The van der Waals surface area contributed by atoms with Gasteiger partial charge < -0.3 is 24.4 Å². The molecule has 0 aliphatic carbocycles. The maximum Gasteiger partial charge on any atom is 0.223 e. The lowest BCUT2D eigenvalue weighted by Gasteiger charge is -2.31. The molecule has 1 aliphatic rings. The highest BCUT2D eigenvalue weighted by molar-refractivity contribution is 5.79. The van der Waals surface area contributed by atoms with Gasteiger partial charge in [0, 0.05) is 24.6 Å². The third-order valence-electron chi connectivity index (χ3n) is 6.03. The van der Waals surface area contributed by atoms with Crippen LogP contribution < -0.4 is 24.4 Å². The molecule has 1 N–H and O–H groups in total. The predicted octanol–water partition coefficient (Wildman–Crippen LogP) is 3.96. The zero-order chi connectivity index (χ0) is 24.5. The Hall–Kier alpha value is -3.81. The van der Waals surface area contributed by atoms with Crippen molar-refractivity contribution in [3.8, 4) is 28.5 Å². The molecule has 1 saturated heterocycles. The number of anilines is 1. The fraction of sp³-hybridized carbons (Fsp3) is 0.370. The van der Waals surface area contributed by atoms with Gasteiger partial charge in [0.1, 0.15) is 23.9 Å². The highest BCUT2D eigenvalue weighted by Gasteiger charge is 2.25. The van der Waals surface area contributed by atoms with Gasteiger partial charge in [0.2, 0.25) is 5.91 Å². The largest absolute Gasteiger partial charge is 0.497 e. The van der Waals surface area contributed by atoms with E-state index in [1.807, 2.05) is 67.6 Å². The van der Waals surface area contributed by atoms with Crippen LogP contribution in [0, 0.1) is 5.92 Å². The van der Waals surface area contributed by atoms with Gasteiger partial charge in [-0.2, -0.15) is 0 Å². The molecule has 3 aromatic rings. The maximum absolute atomic E-state index is 12.6. The van der Waals surface area contributed by atoms with Crippen LogP contribution in [0.5, 0.6) is 17.2 Å². The van der Waals surface area contributed by atoms with E-state index in [0.717, 1.165) is 60.3 Å². The molecule has 0 unspecified atom stereocenters. The minimum absolute atomic E-state index is 0.00302. The number of ether oxygens (including phenoxy) is 3. The molecule has 0 spiro atoms. The van der Waals surface area contributed by atoms with Crippen molar-refractivity contribution in [3.63, 3.8) is 0 Å². The SMILES string of the molecule is CCOc1ccc(OCCNC(=O)C2CCN(c3ccc(-c4ccc(OC)cc4)nn3)CC2)cc1. The van der Waals surface area contributed by atoms with Crippen molar-refractivity contribution >= 4 is 11.7 Å². The fourth-order valence-electron chi connectivity index (χ4n) is 4.07. The first-order chi connectivity index (χ1) is 17.2. The lowest BCUT2D eigenvalue weighted by Crippen LogP contribution is -2.41. The molecule has 35 heavy (non-hydrogen) atoms. The molecule has 8 nitrogen and oxygen atoms in total. The second-order valence-electron chi connectivity index (χ2n) is 8.31. The Balaban J connectivity index is 1.18. The summed E-state index contributed by atoms with van der Waals surface area (Å²) in [4.78, 5) is 14.8. The number of hydrogen-bond donors (Lipinski definition) is 1. The predicted molar refractivity (Wildman–Crippen MR) is 135 cm³/mol. The third kappa shape index (κ3) is 6.62. The summed E-state index contributed by atoms with van der Waals surface area (Å²) in [5.41, 5.74) is 1.81. The Morgan fingerprint density at radius 2 is 1.57 bits per heavy atom. The van der Waals surface area contributed by atoms with E-state index in [1.165, 1.54) is 0 Å². The van der Waals surface area contributed by atoms with E-state index in [2.05, 4.69) is 20.4 Å². The Labute approximate surface area is 206 Å². The van der Waals surface area contributed by atoms with E-state index in [1.54, 1.807) is 7.11 Å². The molecule has 2 aromatic carbocycles. The van der Waals surface area contributed by atoms with Gasteiger partial charge in [-0.1, -0.05) is 0 Å². The van der Waals surface area contributed by atoms with Crippen LogP contribution in [0.25, 0.3) is 11.3 Å². The highest BCUT2D eigenvalue weighted by Crippen LogP contribution is 2.24. The van der Waals surface area contributed by atoms with Crippen LogP contribution in [0.1, 0.15) is 19.8 Å². The number of benzene rings is 2. The molecule has 1 aliphatic heterocycles. The summed E-state index contributed by atoms with van der Waals surface area (Å²) >= 11 is 0. The van der Waals surface area contributed by atoms with E-state index in [0.29, 0.717) is 19.8 Å². The van der Waals surface area contributed by atoms with Crippen LogP contribution in [-0.2, 0) is 4.79 Å². The summed E-state index contributed by atoms with van der Waals surface area (Å²) in [6.07, 6.45) is 1.57. The number of nitrogens with zero attached hydrogens (tertiary/aromatic N) is 3. The van der Waals surface area contributed by atoms with Crippen molar-refractivity contribution in [1.82, 2.24) is 15.5 Å². The Kier molecular flexibility index (Phi) is 8.38. The van der Waals surface area contributed by atoms with Gasteiger partial charge in [-0.25, -0.2) is 0 Å². The molecule has 1 aromatic heterocycles. The van der Waals surface area contributed by atoms with Crippen LogP contribution in [0.2, 0.25) is 0 Å². The maximum atomic E-state index is 12.6. The van der Waals surface area contributed by atoms with Crippen LogP contribution in [0.3, 0.4) is 0 Å². The molecule has 0 saturated carbocycles. The molecule has 1 amide bonds. The Morgan fingerprint density at radius 3 is 2.17 bits per heavy atom. The van der Waals surface area contributed by atoms with Gasteiger partial charge in [-0.05, 0) is 80.4 Å². The number of amides is 1. The molecule has 184 valence electrons. The normalized spacial score (nSPS) is 13.8. The molecule has 0 bridgehead atoms. The number of aromatic nitrogens is 2. The average molecular weight is 477 g/mol. The van der Waals surface area contributed by atoms with Crippen LogP contribution in [-0.4, -0.2) is 56.1 Å². The van der Waals surface area contributed by atoms with E-state index in [9.17, 15) is 4.79 Å². The number of rotatable bonds is 10. The minimum atomic E-state index is 0.00302. The van der Waals surface area contributed by atoms with Crippen molar-refractivity contribution in [3.05, 3.63) is 60.7 Å². The number of hydrogen-bond acceptors (Lipinski definition) is 7. The topological polar surface area (TPSA) is 85.8 Å². The van der Waals surface area contributed by atoms with Gasteiger partial charge in [0.15, 0.2) is 5.82 Å². The highest BCUT2D eigenvalue weighted by atomic mass is 16.5. The van der Waals surface area contributed by atoms with Crippen molar-refractivity contribution < 1.29 is 19.0 Å². The number of methoxy groups -OCH3 is 1. The number of carbonyl (C=O) groups excluding carboxylic acids is 1. The van der Waals surface area contributed by atoms with Gasteiger partial charge in [0.25, 0.3) is 0 Å². The van der Waals surface area contributed by atoms with E-state index >= 15 is 0 Å². The lowest BCUT2D eigenvalue weighted by atomic mass is 9.96. The van der Waals surface area contributed by atoms with Crippen molar-refractivity contribution in [2.45, 2.75) is 19.8 Å². The molecule has 1 fully saturated rings. The van der Waals surface area contributed by atoms with Crippen molar-refractivity contribution in [2.75, 3.05) is 44.9 Å². The summed E-state index contributed by atoms with van der Waals surface area (Å²) in [5.74, 6) is 3.31. The molecule has 4 rings (SSSR count). The summed E-state index contributed by atoms with van der Waals surface area (Å²) in [7, 11) is 1.65. The Bertz CT molecular complexity index is 1060. The van der Waals surface area contributed by atoms with E-state index in [-0.39, 0.29) is 11.8 Å². The number of nitrogens with one attached hydrogen (secondary N) is 1. The van der Waals surface area contributed by atoms with Gasteiger partial charge >= 0.3 is 0 Å². The second-order valence-corrected chi connectivity index (χ2v) is 8.31. The number of piperidine rings is 1. The summed E-state index contributed by atoms with van der Waals surface area (Å²) in [5, 5.41) is 11.8. The molecule has 0 atom stereocenters. The first kappa shape index (κ1) is 24.3. The lowest BCUT2D eigenvalue weighted by molar-refractivity contribution is -0.125. The van der Waals surface area contributed by atoms with Gasteiger partial charge in [0.05, 0.1) is 26.0 Å². The smallest absolute Gasteiger partial charge is 0.223 e. The average Bonchev–Trinajstić information content (AvgIpc) is 2.92. The summed E-state index contributed by atoms with van der Waals surface area (Å²) in [6, 6.07) is 19.2. The summed E-state index contributed by atoms with van der Waals surface area (Å²) in [6.45, 7) is 5.04. The number of carbonyl (C=O) groups is 1. The van der Waals surface area contributed by atoms with Crippen LogP contribution in [0.4, 0.5) is 5.82 Å². The molecule has 8 heteroatoms. The first-order valence-corrected chi connectivity index (χ1v) is 12.0. The summed E-state index contributed by atoms with van der Waals surface area (Å²) < 4.78 is 16.3. The first-order valence-electron chi connectivity index (χ1n) is 12.0. The van der Waals surface area contributed by atoms with Crippen LogP contribution in [0.15, 0.2) is 60.7 Å². The van der Waals surface area contributed by atoms with E-state index in [4.69, 9.17) is 14.2 Å². The zero-order valence-electron chi connectivity index (χ0n) is 20.3. The molecular formula is C27H32N4O4. The monoisotopic (exact) mass is 476 g/mol. The molecule has 2 heterocycles. The standard InChI is InChI=1S/C27H32N4O4/c1-3-34-23-8-10-24(11-9-23)35-19-16-28-27(32)21-14-17-31(18-15-21)26-13-12-25(29-30-26)20-4-6-22(33-2)7-5-20/h4-13,21H,3,14-19H2,1-2H3,(H,28,32). The Morgan fingerprint density at radius 1 is 0.914 bits per heavy atom. The second kappa shape index (κ2) is 12.1.